The van der Waals surface area contributed by atoms with E-state index in [9.17, 15) is 32.3 Å². The highest BCUT2D eigenvalue weighted by Crippen LogP contribution is 2.33. The van der Waals surface area contributed by atoms with Crippen molar-refractivity contribution >= 4 is 22.6 Å². The van der Waals surface area contributed by atoms with Gasteiger partial charge >= 0.3 is 12.1 Å². The quantitative estimate of drug-likeness (QED) is 0.402. The van der Waals surface area contributed by atoms with Crippen LogP contribution >= 0.6 is 0 Å². The highest BCUT2D eigenvalue weighted by molar-refractivity contribution is 6.04. The Morgan fingerprint density at radius 1 is 1.03 bits per heavy atom. The van der Waals surface area contributed by atoms with Gasteiger partial charge in [-0.3, -0.25) is 4.79 Å². The summed E-state index contributed by atoms with van der Waals surface area (Å²) in [5.74, 6) is -2.35. The summed E-state index contributed by atoms with van der Waals surface area (Å²) < 4.78 is 58.2. The molecule has 1 amide bonds. The van der Waals surface area contributed by atoms with Gasteiger partial charge in [0.25, 0.3) is 5.91 Å². The second kappa shape index (κ2) is 9.93. The van der Waals surface area contributed by atoms with Crippen LogP contribution in [0.3, 0.4) is 0 Å². The molecular formula is C26H23F4NO4. The van der Waals surface area contributed by atoms with Crippen LogP contribution in [0.4, 0.5) is 17.6 Å². The van der Waals surface area contributed by atoms with Gasteiger partial charge in [0.2, 0.25) is 0 Å². The van der Waals surface area contributed by atoms with Crippen LogP contribution in [0.25, 0.3) is 10.8 Å². The molecule has 1 saturated carbocycles. The van der Waals surface area contributed by atoms with Crippen molar-refractivity contribution in [3.63, 3.8) is 0 Å². The largest absolute Gasteiger partial charge is 0.487 e. The maximum Gasteiger partial charge on any atom is 0.416 e. The van der Waals surface area contributed by atoms with E-state index in [4.69, 9.17) is 4.74 Å². The molecule has 3 aromatic rings. The van der Waals surface area contributed by atoms with Crippen LogP contribution in [0.1, 0.15) is 47.2 Å². The van der Waals surface area contributed by atoms with Crippen molar-refractivity contribution in [3.05, 3.63) is 77.1 Å². The van der Waals surface area contributed by atoms with Gasteiger partial charge in [-0.05, 0) is 66.1 Å². The zero-order valence-electron chi connectivity index (χ0n) is 18.6. The molecule has 4 rings (SSSR count). The molecule has 5 nitrogen and oxygen atoms in total. The second-order valence-electron chi connectivity index (χ2n) is 8.62. The monoisotopic (exact) mass is 489 g/mol. The first-order valence-corrected chi connectivity index (χ1v) is 11.2. The van der Waals surface area contributed by atoms with E-state index in [1.807, 2.05) is 0 Å². The van der Waals surface area contributed by atoms with Gasteiger partial charge in [0.1, 0.15) is 24.2 Å². The fourth-order valence-electron chi connectivity index (χ4n) is 4.44. The number of rotatable bonds is 7. The van der Waals surface area contributed by atoms with E-state index in [-0.39, 0.29) is 23.8 Å². The third-order valence-corrected chi connectivity index (χ3v) is 6.27. The van der Waals surface area contributed by atoms with Crippen molar-refractivity contribution in [1.82, 2.24) is 5.32 Å². The van der Waals surface area contributed by atoms with Crippen molar-refractivity contribution in [3.8, 4) is 5.75 Å². The number of halogens is 4. The van der Waals surface area contributed by atoms with Gasteiger partial charge < -0.3 is 15.2 Å². The van der Waals surface area contributed by atoms with Gasteiger partial charge in [-0.15, -0.1) is 0 Å². The van der Waals surface area contributed by atoms with Gasteiger partial charge in [0.15, 0.2) is 0 Å². The lowest BCUT2D eigenvalue weighted by Crippen LogP contribution is -2.45. The van der Waals surface area contributed by atoms with Crippen LogP contribution in [0.5, 0.6) is 5.75 Å². The molecular weight excluding hydrogens is 466 g/mol. The molecule has 1 fully saturated rings. The second-order valence-corrected chi connectivity index (χ2v) is 8.62. The Kier molecular flexibility index (Phi) is 6.95. The molecule has 0 radical (unpaired) electrons. The van der Waals surface area contributed by atoms with Gasteiger partial charge in [-0.2, -0.15) is 13.2 Å². The van der Waals surface area contributed by atoms with Crippen molar-refractivity contribution in [2.75, 3.05) is 0 Å². The Bertz CT molecular complexity index is 1230. The van der Waals surface area contributed by atoms with E-state index in [1.54, 1.807) is 0 Å². The minimum Gasteiger partial charge on any atom is -0.487 e. The van der Waals surface area contributed by atoms with E-state index in [0.717, 1.165) is 25.0 Å². The number of nitrogens with one attached hydrogen (secondary N) is 1. The Balaban J connectivity index is 1.64. The molecule has 0 heterocycles. The molecule has 3 aromatic carbocycles. The van der Waals surface area contributed by atoms with E-state index in [0.29, 0.717) is 29.2 Å². The molecule has 2 N–H and O–H groups in total. The molecule has 9 heteroatoms. The van der Waals surface area contributed by atoms with Crippen LogP contribution in [0.2, 0.25) is 0 Å². The predicted molar refractivity (Wildman–Crippen MR) is 121 cm³/mol. The van der Waals surface area contributed by atoms with E-state index < -0.39 is 35.5 Å². The number of hydrogen-bond donors (Lipinski definition) is 2. The molecule has 0 aliphatic heterocycles. The molecule has 0 unspecified atom stereocenters. The van der Waals surface area contributed by atoms with E-state index in [2.05, 4.69) is 5.32 Å². The zero-order valence-corrected chi connectivity index (χ0v) is 18.6. The summed E-state index contributed by atoms with van der Waals surface area (Å²) in [6.07, 6.45) is -1.28. The molecule has 1 aliphatic carbocycles. The Hall–Kier alpha value is -3.62. The van der Waals surface area contributed by atoms with E-state index >= 15 is 0 Å². The molecule has 1 atom stereocenters. The Labute approximate surface area is 198 Å². The van der Waals surface area contributed by atoms with Crippen LogP contribution in [-0.2, 0) is 17.6 Å². The number of hydrogen-bond acceptors (Lipinski definition) is 3. The number of aliphatic carboxylic acids is 1. The standard InChI is InChI=1S/C26H23F4NO4/c27-19-10-12-20-17(13-19)7-11-21(24(32)31-22(25(33)34)16-3-1-2-4-16)23(20)35-14-15-5-8-18(9-6-15)26(28,29)30/h5-13,16,22H,1-4,14H2,(H,31,32)(H,33,34)/t22-/m0/s1. The molecule has 184 valence electrons. The van der Waals surface area contributed by atoms with Gasteiger partial charge in [0, 0.05) is 5.39 Å². The number of benzene rings is 3. The van der Waals surface area contributed by atoms with Gasteiger partial charge in [0.05, 0.1) is 11.1 Å². The average Bonchev–Trinajstić information content (AvgIpc) is 3.34. The molecule has 0 aromatic heterocycles. The smallest absolute Gasteiger partial charge is 0.416 e. The lowest BCUT2D eigenvalue weighted by Gasteiger charge is -2.22. The normalized spacial score (nSPS) is 15.2. The fraction of sp³-hybridized carbons (Fsp3) is 0.308. The summed E-state index contributed by atoms with van der Waals surface area (Å²) in [5.41, 5.74) is -0.313. The van der Waals surface area contributed by atoms with Crippen LogP contribution in [0, 0.1) is 11.7 Å². The molecule has 0 saturated heterocycles. The maximum atomic E-state index is 13.8. The zero-order chi connectivity index (χ0) is 25.2. The third-order valence-electron chi connectivity index (χ3n) is 6.27. The number of carboxylic acid groups (broad SMARTS) is 1. The summed E-state index contributed by atoms with van der Waals surface area (Å²) in [6.45, 7) is -0.153. The number of carbonyl (C=O) groups excluding carboxylic acids is 1. The highest BCUT2D eigenvalue weighted by atomic mass is 19.4. The molecule has 0 bridgehead atoms. The number of fused-ring (bicyclic) bond motifs is 1. The molecule has 35 heavy (non-hydrogen) atoms. The van der Waals surface area contributed by atoms with Crippen LogP contribution in [-0.4, -0.2) is 23.0 Å². The topological polar surface area (TPSA) is 75.6 Å². The average molecular weight is 489 g/mol. The fourth-order valence-corrected chi connectivity index (χ4v) is 4.44. The summed E-state index contributed by atoms with van der Waals surface area (Å²) >= 11 is 0. The number of alkyl halides is 3. The molecule has 0 spiro atoms. The van der Waals surface area contributed by atoms with Crippen molar-refractivity contribution in [1.29, 1.82) is 0 Å². The Morgan fingerprint density at radius 3 is 2.34 bits per heavy atom. The number of ether oxygens (including phenoxy) is 1. The van der Waals surface area contributed by atoms with Gasteiger partial charge in [-0.1, -0.05) is 31.0 Å². The minimum absolute atomic E-state index is 0.0558. The van der Waals surface area contributed by atoms with Crippen molar-refractivity contribution < 1.29 is 37.0 Å². The minimum atomic E-state index is -4.47. The lowest BCUT2D eigenvalue weighted by molar-refractivity contribution is -0.140. The first kappa shape index (κ1) is 24.5. The first-order valence-electron chi connectivity index (χ1n) is 11.2. The summed E-state index contributed by atoms with van der Waals surface area (Å²) in [4.78, 5) is 25.0. The summed E-state index contributed by atoms with van der Waals surface area (Å²) in [7, 11) is 0. The van der Waals surface area contributed by atoms with E-state index in [1.165, 1.54) is 42.5 Å². The van der Waals surface area contributed by atoms with Gasteiger partial charge in [-0.25, -0.2) is 9.18 Å². The summed E-state index contributed by atoms with van der Waals surface area (Å²) in [6, 6.07) is 10.2. The maximum absolute atomic E-state index is 13.8. The van der Waals surface area contributed by atoms with Crippen LogP contribution < -0.4 is 10.1 Å². The Morgan fingerprint density at radius 2 is 1.71 bits per heavy atom. The highest BCUT2D eigenvalue weighted by Gasteiger charge is 2.33. The number of amides is 1. The number of carbonyl (C=O) groups is 2. The third kappa shape index (κ3) is 5.55. The molecule has 1 aliphatic rings. The van der Waals surface area contributed by atoms with Crippen molar-refractivity contribution in [2.24, 2.45) is 5.92 Å². The van der Waals surface area contributed by atoms with Crippen LogP contribution in [0.15, 0.2) is 54.6 Å². The predicted octanol–water partition coefficient (Wildman–Crippen LogP) is 5.95. The first-order chi connectivity index (χ1) is 16.6. The number of carboxylic acids is 1. The SMILES string of the molecule is O=C(N[C@H](C(=O)O)C1CCCC1)c1ccc2cc(F)ccc2c1OCc1ccc(C(F)(F)F)cc1. The lowest BCUT2D eigenvalue weighted by atomic mass is 9.97. The van der Waals surface area contributed by atoms with Crippen molar-refractivity contribution in [2.45, 2.75) is 44.5 Å². The summed E-state index contributed by atoms with van der Waals surface area (Å²) in [5, 5.41) is 13.1.